The van der Waals surface area contributed by atoms with Crippen LogP contribution in [0.15, 0.2) is 24.3 Å². The number of benzene rings is 1. The third-order valence-electron chi connectivity index (χ3n) is 3.82. The molecule has 0 radical (unpaired) electrons. The predicted molar refractivity (Wildman–Crippen MR) is 102 cm³/mol. The van der Waals surface area contributed by atoms with Crippen LogP contribution in [0.2, 0.25) is 5.02 Å². The average Bonchev–Trinajstić information content (AvgIpc) is 2.54. The van der Waals surface area contributed by atoms with E-state index >= 15 is 0 Å². The van der Waals surface area contributed by atoms with Gasteiger partial charge in [0.2, 0.25) is 5.91 Å². The zero-order chi connectivity index (χ0) is 15.8. The second kappa shape index (κ2) is 12.8. The smallest absolute Gasteiger partial charge is 0.220 e. The van der Waals surface area contributed by atoms with Crippen LogP contribution in [-0.4, -0.2) is 50.2 Å². The zero-order valence-corrected chi connectivity index (χ0v) is 16.0. The Kier molecular flexibility index (Phi) is 12.5. The number of nitrogens with two attached hydrogens (primary N) is 1. The van der Waals surface area contributed by atoms with E-state index in [1.54, 1.807) is 0 Å². The van der Waals surface area contributed by atoms with Gasteiger partial charge in [0.15, 0.2) is 0 Å². The summed E-state index contributed by atoms with van der Waals surface area (Å²) in [5.41, 5.74) is 6.56. The summed E-state index contributed by atoms with van der Waals surface area (Å²) in [5.74, 6) is 0.0470. The summed E-state index contributed by atoms with van der Waals surface area (Å²) in [4.78, 5) is 14.2. The lowest BCUT2D eigenvalue weighted by Gasteiger charge is -2.35. The van der Waals surface area contributed by atoms with Gasteiger partial charge in [-0.2, -0.15) is 0 Å². The van der Waals surface area contributed by atoms with Crippen LogP contribution in [0.1, 0.15) is 24.4 Å². The standard InChI is InChI=1S/C16H24ClN3O2.2ClH/c17-14-4-1-3-13(11-14)15(20-7-9-22-10-8-20)12-19-16(21)5-2-6-18;;/h1,3-4,11,15H,2,5-10,12,18H2,(H,19,21);2*1H. The monoisotopic (exact) mass is 397 g/mol. The van der Waals surface area contributed by atoms with Crippen molar-refractivity contribution in [3.63, 3.8) is 0 Å². The molecule has 1 heterocycles. The van der Waals surface area contributed by atoms with E-state index in [-0.39, 0.29) is 36.8 Å². The number of hydrogen-bond acceptors (Lipinski definition) is 4. The van der Waals surface area contributed by atoms with E-state index < -0.39 is 0 Å². The summed E-state index contributed by atoms with van der Waals surface area (Å²) < 4.78 is 5.42. The molecule has 1 unspecified atom stereocenters. The van der Waals surface area contributed by atoms with E-state index in [1.807, 2.05) is 18.2 Å². The van der Waals surface area contributed by atoms with Crippen molar-refractivity contribution in [2.24, 2.45) is 5.73 Å². The highest BCUT2D eigenvalue weighted by Crippen LogP contribution is 2.23. The van der Waals surface area contributed by atoms with Gasteiger partial charge in [-0.05, 0) is 30.7 Å². The summed E-state index contributed by atoms with van der Waals surface area (Å²) in [6.45, 7) is 4.26. The SMILES string of the molecule is Cl.Cl.NCCCC(=O)NCC(c1cccc(Cl)c1)N1CCOCC1. The Hall–Kier alpha value is -0.560. The van der Waals surface area contributed by atoms with Gasteiger partial charge in [-0.25, -0.2) is 0 Å². The number of amides is 1. The lowest BCUT2D eigenvalue weighted by molar-refractivity contribution is -0.121. The first-order valence-corrected chi connectivity index (χ1v) is 8.12. The van der Waals surface area contributed by atoms with Gasteiger partial charge >= 0.3 is 0 Å². The number of hydrogen-bond donors (Lipinski definition) is 2. The molecule has 0 bridgehead atoms. The van der Waals surface area contributed by atoms with Crippen LogP contribution in [0.4, 0.5) is 0 Å². The van der Waals surface area contributed by atoms with Gasteiger partial charge in [-0.3, -0.25) is 9.69 Å². The molecule has 2 rings (SSSR count). The minimum absolute atomic E-state index is 0. The Labute approximate surface area is 161 Å². The molecule has 1 saturated heterocycles. The summed E-state index contributed by atoms with van der Waals surface area (Å²) in [6, 6.07) is 7.94. The van der Waals surface area contributed by atoms with Crippen molar-refractivity contribution >= 4 is 42.3 Å². The molecule has 8 heteroatoms. The number of halogens is 3. The van der Waals surface area contributed by atoms with Gasteiger partial charge in [-0.1, -0.05) is 23.7 Å². The van der Waals surface area contributed by atoms with Crippen LogP contribution in [0.3, 0.4) is 0 Å². The quantitative estimate of drug-likeness (QED) is 0.740. The number of nitrogens with zero attached hydrogens (tertiary/aromatic N) is 1. The van der Waals surface area contributed by atoms with Crippen molar-refractivity contribution in [2.45, 2.75) is 18.9 Å². The molecule has 24 heavy (non-hydrogen) atoms. The minimum Gasteiger partial charge on any atom is -0.379 e. The molecule has 0 saturated carbocycles. The number of carbonyl (C=O) groups is 1. The van der Waals surface area contributed by atoms with Crippen molar-refractivity contribution in [3.05, 3.63) is 34.9 Å². The van der Waals surface area contributed by atoms with E-state index in [1.165, 1.54) is 0 Å². The van der Waals surface area contributed by atoms with E-state index in [9.17, 15) is 4.79 Å². The molecule has 1 aromatic carbocycles. The molecule has 1 aliphatic heterocycles. The van der Waals surface area contributed by atoms with Crippen molar-refractivity contribution < 1.29 is 9.53 Å². The Balaban J connectivity index is 0.00000264. The van der Waals surface area contributed by atoms with Crippen molar-refractivity contribution in [1.82, 2.24) is 10.2 Å². The van der Waals surface area contributed by atoms with Crippen LogP contribution in [0, 0.1) is 0 Å². The maximum Gasteiger partial charge on any atom is 0.220 e. The van der Waals surface area contributed by atoms with Gasteiger partial charge in [-0.15, -0.1) is 24.8 Å². The molecular weight excluding hydrogens is 373 g/mol. The summed E-state index contributed by atoms with van der Waals surface area (Å²) >= 11 is 6.11. The van der Waals surface area contributed by atoms with Crippen molar-refractivity contribution in [2.75, 3.05) is 39.4 Å². The molecule has 138 valence electrons. The molecule has 1 amide bonds. The van der Waals surface area contributed by atoms with Crippen LogP contribution in [0.5, 0.6) is 0 Å². The fourth-order valence-electron chi connectivity index (χ4n) is 2.62. The van der Waals surface area contributed by atoms with E-state index in [4.69, 9.17) is 22.1 Å². The third kappa shape index (κ3) is 7.55. The van der Waals surface area contributed by atoms with Gasteiger partial charge < -0.3 is 15.8 Å². The number of morpholine rings is 1. The highest BCUT2D eigenvalue weighted by molar-refractivity contribution is 6.30. The lowest BCUT2D eigenvalue weighted by atomic mass is 10.0. The van der Waals surface area contributed by atoms with E-state index in [0.29, 0.717) is 31.0 Å². The second-order valence-corrected chi connectivity index (χ2v) is 5.85. The number of carbonyl (C=O) groups excluding carboxylic acids is 1. The average molecular weight is 399 g/mol. The van der Waals surface area contributed by atoms with E-state index in [0.717, 1.165) is 31.9 Å². The molecule has 1 atom stereocenters. The minimum atomic E-state index is 0. The fraction of sp³-hybridized carbons (Fsp3) is 0.562. The largest absolute Gasteiger partial charge is 0.379 e. The molecule has 3 N–H and O–H groups in total. The van der Waals surface area contributed by atoms with Gasteiger partial charge in [0, 0.05) is 31.1 Å². The highest BCUT2D eigenvalue weighted by Gasteiger charge is 2.23. The first-order chi connectivity index (χ1) is 10.7. The maximum absolute atomic E-state index is 11.9. The number of nitrogens with one attached hydrogen (secondary N) is 1. The number of rotatable bonds is 7. The molecule has 1 aromatic rings. The van der Waals surface area contributed by atoms with E-state index in [2.05, 4.69) is 16.3 Å². The third-order valence-corrected chi connectivity index (χ3v) is 4.06. The highest BCUT2D eigenvalue weighted by atomic mass is 35.5. The zero-order valence-electron chi connectivity index (χ0n) is 13.6. The topological polar surface area (TPSA) is 67.6 Å². The summed E-state index contributed by atoms with van der Waals surface area (Å²) in [6.07, 6.45) is 1.19. The molecular formula is C16H26Cl3N3O2. The predicted octanol–water partition coefficient (Wildman–Crippen LogP) is 2.41. The summed E-state index contributed by atoms with van der Waals surface area (Å²) in [7, 11) is 0. The van der Waals surface area contributed by atoms with Crippen LogP contribution < -0.4 is 11.1 Å². The molecule has 1 aliphatic rings. The van der Waals surface area contributed by atoms with Crippen LogP contribution in [-0.2, 0) is 9.53 Å². The fourth-order valence-corrected chi connectivity index (χ4v) is 2.82. The van der Waals surface area contributed by atoms with Gasteiger partial charge in [0.25, 0.3) is 0 Å². The molecule has 5 nitrogen and oxygen atoms in total. The Bertz CT molecular complexity index is 485. The maximum atomic E-state index is 11.9. The van der Waals surface area contributed by atoms with Crippen molar-refractivity contribution in [1.29, 1.82) is 0 Å². The van der Waals surface area contributed by atoms with Crippen molar-refractivity contribution in [3.8, 4) is 0 Å². The molecule has 0 spiro atoms. The summed E-state index contributed by atoms with van der Waals surface area (Å²) in [5, 5.41) is 3.73. The molecule has 0 aromatic heterocycles. The van der Waals surface area contributed by atoms with Gasteiger partial charge in [0.05, 0.1) is 19.3 Å². The first kappa shape index (κ1) is 23.4. The Morgan fingerprint density at radius 3 is 2.67 bits per heavy atom. The Morgan fingerprint density at radius 2 is 2.04 bits per heavy atom. The normalized spacial score (nSPS) is 15.8. The second-order valence-electron chi connectivity index (χ2n) is 5.42. The van der Waals surface area contributed by atoms with Crippen LogP contribution in [0.25, 0.3) is 0 Å². The first-order valence-electron chi connectivity index (χ1n) is 7.74. The van der Waals surface area contributed by atoms with Crippen LogP contribution >= 0.6 is 36.4 Å². The lowest BCUT2D eigenvalue weighted by Crippen LogP contribution is -2.43. The Morgan fingerprint density at radius 1 is 1.33 bits per heavy atom. The van der Waals surface area contributed by atoms with Gasteiger partial charge in [0.1, 0.15) is 0 Å². The number of ether oxygens (including phenoxy) is 1. The molecule has 1 fully saturated rings. The molecule has 0 aliphatic carbocycles.